The highest BCUT2D eigenvalue weighted by Gasteiger charge is 2.62. The Morgan fingerprint density at radius 3 is 2.50 bits per heavy atom. The average molecular weight is 443 g/mol. The summed E-state index contributed by atoms with van der Waals surface area (Å²) >= 11 is 0. The van der Waals surface area contributed by atoms with Crippen molar-refractivity contribution >= 4 is 17.9 Å². The molecule has 2 saturated heterocycles. The van der Waals surface area contributed by atoms with Gasteiger partial charge in [-0.1, -0.05) is 19.3 Å². The van der Waals surface area contributed by atoms with Crippen molar-refractivity contribution in [3.8, 4) is 0 Å². The largest absolute Gasteiger partial charge is 0.466 e. The Kier molecular flexibility index (Phi) is 6.96. The fourth-order valence-electron chi connectivity index (χ4n) is 5.73. The highest BCUT2D eigenvalue weighted by atomic mass is 16.5. The number of rotatable bonds is 6. The fourth-order valence-corrected chi connectivity index (χ4v) is 5.73. The molecule has 1 atom stereocenters. The van der Waals surface area contributed by atoms with Crippen molar-refractivity contribution in [1.29, 1.82) is 0 Å². The SMILES string of the molecule is CCOC(=O)CCNC(=O)N1CCC(N2C(=O)C3(CCCCC3)C2c2ccncc2)CC1. The number of pyridine rings is 1. The molecule has 8 nitrogen and oxygen atoms in total. The molecule has 1 aromatic rings. The van der Waals surface area contributed by atoms with Gasteiger partial charge >= 0.3 is 12.0 Å². The van der Waals surface area contributed by atoms with E-state index in [1.54, 1.807) is 11.8 Å². The topological polar surface area (TPSA) is 91.8 Å². The van der Waals surface area contributed by atoms with Gasteiger partial charge in [0.2, 0.25) is 5.91 Å². The predicted molar refractivity (Wildman–Crippen MR) is 119 cm³/mol. The zero-order valence-corrected chi connectivity index (χ0v) is 18.9. The number of hydrogen-bond donors (Lipinski definition) is 1. The van der Waals surface area contributed by atoms with Crippen molar-refractivity contribution in [2.45, 2.75) is 70.4 Å². The van der Waals surface area contributed by atoms with Crippen LogP contribution in [0.5, 0.6) is 0 Å². The number of esters is 1. The van der Waals surface area contributed by atoms with Crippen LogP contribution >= 0.6 is 0 Å². The van der Waals surface area contributed by atoms with E-state index in [2.05, 4.69) is 15.2 Å². The second-order valence-electron chi connectivity index (χ2n) is 9.12. The van der Waals surface area contributed by atoms with Crippen molar-refractivity contribution < 1.29 is 19.1 Å². The number of urea groups is 1. The van der Waals surface area contributed by atoms with Crippen LogP contribution in [0.4, 0.5) is 4.79 Å². The molecule has 1 unspecified atom stereocenters. The molecular formula is C24H34N4O4. The van der Waals surface area contributed by atoms with Gasteiger partial charge in [-0.3, -0.25) is 14.6 Å². The molecule has 1 aliphatic carbocycles. The zero-order valence-electron chi connectivity index (χ0n) is 18.9. The lowest BCUT2D eigenvalue weighted by Crippen LogP contribution is -2.68. The van der Waals surface area contributed by atoms with E-state index in [1.807, 2.05) is 24.5 Å². The van der Waals surface area contributed by atoms with Crippen molar-refractivity contribution in [3.63, 3.8) is 0 Å². The third-order valence-corrected chi connectivity index (χ3v) is 7.29. The van der Waals surface area contributed by atoms with Crippen LogP contribution < -0.4 is 5.32 Å². The average Bonchev–Trinajstić information content (AvgIpc) is 2.83. The van der Waals surface area contributed by atoms with Crippen LogP contribution in [0.25, 0.3) is 0 Å². The Bertz CT molecular complexity index is 817. The van der Waals surface area contributed by atoms with Crippen molar-refractivity contribution in [1.82, 2.24) is 20.1 Å². The maximum atomic E-state index is 13.5. The molecule has 1 N–H and O–H groups in total. The Morgan fingerprint density at radius 2 is 1.84 bits per heavy atom. The summed E-state index contributed by atoms with van der Waals surface area (Å²) in [5, 5.41) is 2.80. The molecular weight excluding hydrogens is 408 g/mol. The first kappa shape index (κ1) is 22.6. The van der Waals surface area contributed by atoms with E-state index in [4.69, 9.17) is 4.74 Å². The van der Waals surface area contributed by atoms with Crippen LogP contribution in [-0.4, -0.2) is 65.0 Å². The first-order valence-electron chi connectivity index (χ1n) is 12.0. The minimum absolute atomic E-state index is 0.119. The molecule has 1 spiro atoms. The summed E-state index contributed by atoms with van der Waals surface area (Å²) in [4.78, 5) is 45.4. The minimum atomic E-state index is -0.304. The number of aromatic nitrogens is 1. The monoisotopic (exact) mass is 442 g/mol. The standard InChI is InChI=1S/C24H34N4O4/c1-2-32-20(29)8-15-26-23(31)27-16-9-19(10-17-27)28-21(18-6-13-25-14-7-18)24(22(28)30)11-4-3-5-12-24/h6-7,13-14,19,21H,2-5,8-12,15-17H2,1H3,(H,26,31). The molecule has 4 rings (SSSR count). The maximum absolute atomic E-state index is 13.5. The normalized spacial score (nSPS) is 23.0. The summed E-state index contributed by atoms with van der Waals surface area (Å²) in [6, 6.07) is 4.21. The summed E-state index contributed by atoms with van der Waals surface area (Å²) in [5.74, 6) is -0.00190. The van der Waals surface area contributed by atoms with Gasteiger partial charge in [0.25, 0.3) is 0 Å². The van der Waals surface area contributed by atoms with Gasteiger partial charge in [0.1, 0.15) is 0 Å². The van der Waals surface area contributed by atoms with Crippen molar-refractivity contribution in [3.05, 3.63) is 30.1 Å². The second-order valence-corrected chi connectivity index (χ2v) is 9.12. The zero-order chi connectivity index (χ0) is 22.6. The van der Waals surface area contributed by atoms with Crippen LogP contribution in [0, 0.1) is 5.41 Å². The molecule has 2 aliphatic heterocycles. The Hall–Kier alpha value is -2.64. The number of nitrogens with one attached hydrogen (secondary N) is 1. The number of piperidine rings is 1. The van der Waals surface area contributed by atoms with Gasteiger partial charge in [0, 0.05) is 38.1 Å². The van der Waals surface area contributed by atoms with Crippen LogP contribution in [0.15, 0.2) is 24.5 Å². The van der Waals surface area contributed by atoms with Crippen molar-refractivity contribution in [2.24, 2.45) is 5.41 Å². The number of nitrogens with zero attached hydrogens (tertiary/aromatic N) is 3. The van der Waals surface area contributed by atoms with Crippen LogP contribution in [0.2, 0.25) is 0 Å². The number of hydrogen-bond acceptors (Lipinski definition) is 5. The van der Waals surface area contributed by atoms with Crippen LogP contribution in [0.3, 0.4) is 0 Å². The number of ether oxygens (including phenoxy) is 1. The van der Waals surface area contributed by atoms with Gasteiger partial charge in [-0.2, -0.15) is 0 Å². The highest BCUT2D eigenvalue weighted by molar-refractivity contribution is 5.91. The molecule has 3 heterocycles. The second kappa shape index (κ2) is 9.88. The molecule has 1 saturated carbocycles. The van der Waals surface area contributed by atoms with Gasteiger partial charge in [-0.15, -0.1) is 0 Å². The third kappa shape index (κ3) is 4.32. The first-order chi connectivity index (χ1) is 15.6. The molecule has 1 aromatic heterocycles. The van der Waals surface area contributed by atoms with E-state index in [1.165, 1.54) is 12.0 Å². The lowest BCUT2D eigenvalue weighted by Gasteiger charge is -2.61. The molecule has 3 amide bonds. The van der Waals surface area contributed by atoms with Gasteiger partial charge in [-0.05, 0) is 50.3 Å². The maximum Gasteiger partial charge on any atom is 0.317 e. The smallest absolute Gasteiger partial charge is 0.317 e. The molecule has 3 fully saturated rings. The molecule has 8 heteroatoms. The number of likely N-dealkylation sites (tertiary alicyclic amines) is 2. The summed E-state index contributed by atoms with van der Waals surface area (Å²) in [6.45, 7) is 3.59. The van der Waals surface area contributed by atoms with E-state index in [0.717, 1.165) is 38.5 Å². The first-order valence-corrected chi connectivity index (χ1v) is 12.0. The van der Waals surface area contributed by atoms with E-state index in [-0.39, 0.29) is 42.5 Å². The van der Waals surface area contributed by atoms with E-state index in [0.29, 0.717) is 25.6 Å². The molecule has 3 aliphatic rings. The van der Waals surface area contributed by atoms with Crippen LogP contribution in [0.1, 0.15) is 69.9 Å². The summed E-state index contributed by atoms with van der Waals surface area (Å²) in [6.07, 6.45) is 10.7. The lowest BCUT2D eigenvalue weighted by molar-refractivity contribution is -0.186. The third-order valence-electron chi connectivity index (χ3n) is 7.29. The fraction of sp³-hybridized carbons (Fsp3) is 0.667. The van der Waals surface area contributed by atoms with E-state index >= 15 is 0 Å². The van der Waals surface area contributed by atoms with Gasteiger partial charge < -0.3 is 19.9 Å². The number of carbonyl (C=O) groups excluding carboxylic acids is 3. The summed E-state index contributed by atoms with van der Waals surface area (Å²) < 4.78 is 4.89. The molecule has 0 aromatic carbocycles. The molecule has 174 valence electrons. The Morgan fingerprint density at radius 1 is 1.16 bits per heavy atom. The summed E-state index contributed by atoms with van der Waals surface area (Å²) in [7, 11) is 0. The number of amides is 3. The lowest BCUT2D eigenvalue weighted by atomic mass is 9.59. The van der Waals surface area contributed by atoms with Crippen LogP contribution in [-0.2, 0) is 14.3 Å². The van der Waals surface area contributed by atoms with Gasteiger partial charge in [0.05, 0.1) is 24.5 Å². The molecule has 32 heavy (non-hydrogen) atoms. The quantitative estimate of drug-likeness (QED) is 0.540. The Balaban J connectivity index is 1.36. The number of carbonyl (C=O) groups is 3. The van der Waals surface area contributed by atoms with E-state index < -0.39 is 0 Å². The Labute approximate surface area is 189 Å². The van der Waals surface area contributed by atoms with Gasteiger partial charge in [-0.25, -0.2) is 4.79 Å². The predicted octanol–water partition coefficient (Wildman–Crippen LogP) is 3.04. The van der Waals surface area contributed by atoms with Gasteiger partial charge in [0.15, 0.2) is 0 Å². The molecule has 0 radical (unpaired) electrons. The molecule has 0 bridgehead atoms. The summed E-state index contributed by atoms with van der Waals surface area (Å²) in [5.41, 5.74) is 0.932. The van der Waals surface area contributed by atoms with E-state index in [9.17, 15) is 14.4 Å². The number of β-lactam (4-membered cyclic amide) rings is 1. The van der Waals surface area contributed by atoms with Crippen molar-refractivity contribution in [2.75, 3.05) is 26.2 Å². The highest BCUT2D eigenvalue weighted by Crippen LogP contribution is 2.59. The minimum Gasteiger partial charge on any atom is -0.466 e.